The molecule has 188 valence electrons. The summed E-state index contributed by atoms with van der Waals surface area (Å²) in [6.45, 7) is 0.225. The molecule has 0 spiro atoms. The van der Waals surface area contributed by atoms with E-state index < -0.39 is 18.2 Å². The Labute approximate surface area is 226 Å². The number of amides is 1. The van der Waals surface area contributed by atoms with Gasteiger partial charge in [0.25, 0.3) is 0 Å². The maximum absolute atomic E-state index is 12.7. The number of hydrogen-bond acceptors (Lipinski definition) is 7. The van der Waals surface area contributed by atoms with Gasteiger partial charge in [0.2, 0.25) is 5.91 Å². The summed E-state index contributed by atoms with van der Waals surface area (Å²) in [5.74, 6) is 0.304. The Kier molecular flexibility index (Phi) is 10.2. The summed E-state index contributed by atoms with van der Waals surface area (Å²) in [4.78, 5) is 23.9. The molecule has 0 saturated carbocycles. The molecule has 1 aliphatic carbocycles. The van der Waals surface area contributed by atoms with Crippen LogP contribution in [0.1, 0.15) is 22.3 Å². The summed E-state index contributed by atoms with van der Waals surface area (Å²) in [7, 11) is 1.45. The van der Waals surface area contributed by atoms with E-state index in [0.29, 0.717) is 49.1 Å². The molecule has 0 fully saturated rings. The highest BCUT2D eigenvalue weighted by molar-refractivity contribution is 14.1. The minimum Gasteiger partial charge on any atom is -0.493 e. The second kappa shape index (κ2) is 12.9. The van der Waals surface area contributed by atoms with Crippen molar-refractivity contribution in [1.82, 2.24) is 10.6 Å². The minimum absolute atomic E-state index is 0.0988. The summed E-state index contributed by atoms with van der Waals surface area (Å²) < 4.78 is 12.1. The monoisotopic (exact) mass is 634 g/mol. The molecular weight excluding hydrogens is 610 g/mol. The van der Waals surface area contributed by atoms with Crippen LogP contribution in [-0.2, 0) is 11.3 Å². The molecule has 0 radical (unpaired) electrons. The number of hydrogen-bond donors (Lipinski definition) is 4. The van der Waals surface area contributed by atoms with Crippen molar-refractivity contribution in [2.75, 3.05) is 20.3 Å². The van der Waals surface area contributed by atoms with Crippen LogP contribution in [0.2, 0.25) is 10.0 Å². The van der Waals surface area contributed by atoms with Crippen LogP contribution in [0.25, 0.3) is 0 Å². The van der Waals surface area contributed by atoms with E-state index >= 15 is 0 Å². The summed E-state index contributed by atoms with van der Waals surface area (Å²) in [5, 5.41) is 27.1. The van der Waals surface area contributed by atoms with Crippen molar-refractivity contribution in [3.63, 3.8) is 0 Å². The third-order valence-corrected chi connectivity index (χ3v) is 6.84. The number of ether oxygens (including phenoxy) is 2. The lowest BCUT2D eigenvalue weighted by molar-refractivity contribution is -0.118. The average molecular weight is 635 g/mol. The Bertz CT molecular complexity index is 1110. The first-order chi connectivity index (χ1) is 16.8. The van der Waals surface area contributed by atoms with Gasteiger partial charge >= 0.3 is 0 Å². The molecule has 0 aromatic heterocycles. The molecule has 0 bridgehead atoms. The zero-order valence-electron chi connectivity index (χ0n) is 18.8. The number of carbonyl (C=O) groups is 2. The fourth-order valence-electron chi connectivity index (χ4n) is 3.66. The van der Waals surface area contributed by atoms with Crippen LogP contribution in [-0.4, -0.2) is 60.9 Å². The molecule has 0 aliphatic heterocycles. The Balaban J connectivity index is 1.88. The Morgan fingerprint density at radius 1 is 1.29 bits per heavy atom. The van der Waals surface area contributed by atoms with Crippen molar-refractivity contribution in [3.8, 4) is 11.5 Å². The minimum atomic E-state index is -1.03. The van der Waals surface area contributed by atoms with Gasteiger partial charge in [0.15, 0.2) is 11.5 Å². The molecule has 4 N–H and O–H groups in total. The molecule has 0 heterocycles. The first-order valence-electron chi connectivity index (χ1n) is 10.7. The summed E-state index contributed by atoms with van der Waals surface area (Å²) in [5.41, 5.74) is 1.59. The largest absolute Gasteiger partial charge is 0.493 e. The van der Waals surface area contributed by atoms with E-state index in [1.807, 2.05) is 22.6 Å². The molecule has 0 unspecified atom stereocenters. The highest BCUT2D eigenvalue weighted by atomic mass is 127. The van der Waals surface area contributed by atoms with E-state index in [-0.39, 0.29) is 25.5 Å². The quantitative estimate of drug-likeness (QED) is 0.234. The number of methoxy groups -OCH3 is 1. The number of carbonyl (C=O) groups excluding carboxylic acids is 2. The van der Waals surface area contributed by atoms with Gasteiger partial charge in [-0.25, -0.2) is 0 Å². The van der Waals surface area contributed by atoms with E-state index in [9.17, 15) is 14.7 Å². The van der Waals surface area contributed by atoms with Crippen LogP contribution in [0, 0.1) is 3.57 Å². The lowest BCUT2D eigenvalue weighted by atomic mass is 9.89. The third kappa shape index (κ3) is 7.08. The fraction of sp³-hybridized carbons (Fsp3) is 0.333. The van der Waals surface area contributed by atoms with E-state index in [0.717, 1.165) is 5.56 Å². The number of halogens is 3. The molecule has 1 amide bonds. The normalized spacial score (nSPS) is 19.6. The molecule has 2 aromatic carbocycles. The Morgan fingerprint density at radius 3 is 2.71 bits per heavy atom. The fourth-order valence-corrected chi connectivity index (χ4v) is 4.89. The van der Waals surface area contributed by atoms with Gasteiger partial charge in [-0.05, 0) is 64.9 Å². The lowest BCUT2D eigenvalue weighted by Gasteiger charge is -2.35. The molecule has 2 aromatic rings. The zero-order valence-corrected chi connectivity index (χ0v) is 22.4. The molecule has 35 heavy (non-hydrogen) atoms. The highest BCUT2D eigenvalue weighted by Crippen LogP contribution is 2.36. The van der Waals surface area contributed by atoms with Gasteiger partial charge in [-0.3, -0.25) is 9.59 Å². The zero-order chi connectivity index (χ0) is 25.5. The van der Waals surface area contributed by atoms with Gasteiger partial charge in [0, 0.05) is 40.3 Å². The van der Waals surface area contributed by atoms with Gasteiger partial charge in [-0.2, -0.15) is 0 Å². The van der Waals surface area contributed by atoms with Gasteiger partial charge < -0.3 is 30.3 Å². The first kappa shape index (κ1) is 27.7. The van der Waals surface area contributed by atoms with E-state index in [1.54, 1.807) is 30.3 Å². The number of aliphatic hydroxyl groups excluding tert-OH is 2. The predicted octanol–water partition coefficient (Wildman–Crippen LogP) is 3.12. The Morgan fingerprint density at radius 2 is 2.06 bits per heavy atom. The highest BCUT2D eigenvalue weighted by Gasteiger charge is 2.36. The summed E-state index contributed by atoms with van der Waals surface area (Å²) >= 11 is 14.3. The standard InChI is InChI=1S/C24H25Cl2IN2O6/c1-34-21-7-13(12-31)6-18(27)23(21)35-20-9-15(24(33)28-4-5-30)8-19(22(20)32)29-11-14-2-3-16(25)10-17(14)26/h2-3,6-7,9-10,12,19-20,22,29-30,32H,4-5,8,11H2,1H3,(H,28,33)/t19-,20+,22+/m1/s1. The van der Waals surface area contributed by atoms with Crippen molar-refractivity contribution in [3.05, 3.63) is 66.7 Å². The second-order valence-electron chi connectivity index (χ2n) is 7.82. The molecular formula is C24H25Cl2IN2O6. The number of nitrogens with one attached hydrogen (secondary N) is 2. The van der Waals surface area contributed by atoms with Crippen molar-refractivity contribution in [2.24, 2.45) is 0 Å². The summed E-state index contributed by atoms with van der Waals surface area (Å²) in [6, 6.07) is 7.76. The number of aliphatic hydroxyl groups is 2. The predicted molar refractivity (Wildman–Crippen MR) is 141 cm³/mol. The van der Waals surface area contributed by atoms with Crippen LogP contribution >= 0.6 is 45.8 Å². The number of rotatable bonds is 10. The first-order valence-corrected chi connectivity index (χ1v) is 12.5. The van der Waals surface area contributed by atoms with Gasteiger partial charge in [-0.1, -0.05) is 29.3 Å². The molecule has 1 aliphatic rings. The molecule has 0 saturated heterocycles. The molecule has 3 atom stereocenters. The SMILES string of the molecule is COc1cc(C=O)cc(I)c1O[C@H]1C=C(C(=O)NCCO)C[C@@H](NCc2ccc(Cl)cc2Cl)[C@@H]1O. The molecule has 8 nitrogen and oxygen atoms in total. The van der Waals surface area contributed by atoms with E-state index in [2.05, 4.69) is 10.6 Å². The van der Waals surface area contributed by atoms with Gasteiger partial charge in [0.1, 0.15) is 18.5 Å². The topological polar surface area (TPSA) is 117 Å². The van der Waals surface area contributed by atoms with Gasteiger partial charge in [-0.15, -0.1) is 0 Å². The number of aldehydes is 1. The maximum Gasteiger partial charge on any atom is 0.247 e. The van der Waals surface area contributed by atoms with E-state index in [1.165, 1.54) is 13.2 Å². The average Bonchev–Trinajstić information content (AvgIpc) is 2.84. The second-order valence-corrected chi connectivity index (χ2v) is 9.83. The van der Waals surface area contributed by atoms with Crippen molar-refractivity contribution in [1.29, 1.82) is 0 Å². The lowest BCUT2D eigenvalue weighted by Crippen LogP contribution is -2.51. The summed E-state index contributed by atoms with van der Waals surface area (Å²) in [6.07, 6.45) is 0.563. The van der Waals surface area contributed by atoms with Crippen molar-refractivity contribution in [2.45, 2.75) is 31.2 Å². The van der Waals surface area contributed by atoms with Gasteiger partial charge in [0.05, 0.1) is 17.3 Å². The molecule has 3 rings (SSSR count). The van der Waals surface area contributed by atoms with Crippen molar-refractivity contribution < 1.29 is 29.3 Å². The van der Waals surface area contributed by atoms with Crippen LogP contribution in [0.5, 0.6) is 11.5 Å². The maximum atomic E-state index is 12.7. The van der Waals surface area contributed by atoms with Crippen LogP contribution in [0.15, 0.2) is 42.0 Å². The number of benzene rings is 2. The van der Waals surface area contributed by atoms with Crippen LogP contribution in [0.4, 0.5) is 0 Å². The third-order valence-electron chi connectivity index (χ3n) is 5.45. The van der Waals surface area contributed by atoms with Crippen LogP contribution in [0.3, 0.4) is 0 Å². The van der Waals surface area contributed by atoms with E-state index in [4.69, 9.17) is 37.8 Å². The Hall–Kier alpha value is -1.89. The molecule has 11 heteroatoms. The smallest absolute Gasteiger partial charge is 0.247 e. The van der Waals surface area contributed by atoms with Crippen LogP contribution < -0.4 is 20.1 Å². The van der Waals surface area contributed by atoms with Crippen molar-refractivity contribution >= 4 is 58.0 Å².